The summed E-state index contributed by atoms with van der Waals surface area (Å²) < 4.78 is 5.53. The van der Waals surface area contributed by atoms with Crippen LogP contribution in [0.5, 0.6) is 5.75 Å². The van der Waals surface area contributed by atoms with Crippen LogP contribution in [0.1, 0.15) is 23.7 Å². The van der Waals surface area contributed by atoms with Gasteiger partial charge in [0.2, 0.25) is 5.91 Å². The van der Waals surface area contributed by atoms with Gasteiger partial charge in [-0.2, -0.15) is 0 Å². The number of carbonyl (C=O) groups is 2. The third-order valence-electron chi connectivity index (χ3n) is 3.69. The number of benzene rings is 3. The Kier molecular flexibility index (Phi) is 4.57. The van der Waals surface area contributed by atoms with Crippen molar-refractivity contribution < 1.29 is 14.3 Å². The van der Waals surface area contributed by atoms with Gasteiger partial charge in [-0.1, -0.05) is 55.5 Å². The highest BCUT2D eigenvalue weighted by atomic mass is 16.5. The summed E-state index contributed by atoms with van der Waals surface area (Å²) in [6.07, 6.45) is 0.353. The molecule has 3 rings (SSSR count). The van der Waals surface area contributed by atoms with Crippen LogP contribution >= 0.6 is 0 Å². The van der Waals surface area contributed by atoms with E-state index in [-0.39, 0.29) is 5.91 Å². The van der Waals surface area contributed by atoms with Crippen LogP contribution in [0, 0.1) is 0 Å². The highest BCUT2D eigenvalue weighted by Gasteiger charge is 2.15. The van der Waals surface area contributed by atoms with Crippen molar-refractivity contribution in [3.63, 3.8) is 0 Å². The predicted octanol–water partition coefficient (Wildman–Crippen LogP) is 4.41. The standard InChI is InChI=1S/C20H17NO3/c1-2-19(22)21-17-12-5-6-13-18(17)24-20(23)16-11-7-9-14-8-3-4-10-15(14)16/h3-13H,2H2,1H3,(H,21,22). The molecular formula is C20H17NO3. The normalized spacial score (nSPS) is 10.4. The third-order valence-corrected chi connectivity index (χ3v) is 3.69. The fraction of sp³-hybridized carbons (Fsp3) is 0.100. The Hall–Kier alpha value is -3.14. The number of ether oxygens (including phenoxy) is 1. The molecule has 0 saturated heterocycles. The van der Waals surface area contributed by atoms with Gasteiger partial charge in [-0.25, -0.2) is 4.79 Å². The van der Waals surface area contributed by atoms with Gasteiger partial charge in [0.15, 0.2) is 5.75 Å². The van der Waals surface area contributed by atoms with E-state index in [9.17, 15) is 9.59 Å². The number of amides is 1. The number of fused-ring (bicyclic) bond motifs is 1. The van der Waals surface area contributed by atoms with Crippen LogP contribution < -0.4 is 10.1 Å². The maximum absolute atomic E-state index is 12.6. The van der Waals surface area contributed by atoms with Crippen molar-refractivity contribution in [1.82, 2.24) is 0 Å². The maximum Gasteiger partial charge on any atom is 0.344 e. The summed E-state index contributed by atoms with van der Waals surface area (Å²) in [6.45, 7) is 1.76. The molecule has 0 spiro atoms. The summed E-state index contributed by atoms with van der Waals surface area (Å²) in [5.41, 5.74) is 0.975. The Morgan fingerprint density at radius 2 is 1.62 bits per heavy atom. The quantitative estimate of drug-likeness (QED) is 0.572. The Morgan fingerprint density at radius 1 is 0.917 bits per heavy atom. The zero-order valence-electron chi connectivity index (χ0n) is 13.3. The van der Waals surface area contributed by atoms with Crippen molar-refractivity contribution in [3.8, 4) is 5.75 Å². The zero-order chi connectivity index (χ0) is 16.9. The van der Waals surface area contributed by atoms with E-state index in [0.29, 0.717) is 23.4 Å². The van der Waals surface area contributed by atoms with Crippen molar-refractivity contribution in [3.05, 3.63) is 72.3 Å². The number of esters is 1. The second kappa shape index (κ2) is 6.96. The number of carbonyl (C=O) groups excluding carboxylic acids is 2. The predicted molar refractivity (Wildman–Crippen MR) is 94.3 cm³/mol. The summed E-state index contributed by atoms with van der Waals surface area (Å²) in [6, 6.07) is 20.0. The molecule has 4 nitrogen and oxygen atoms in total. The van der Waals surface area contributed by atoms with Gasteiger partial charge in [0.25, 0.3) is 0 Å². The van der Waals surface area contributed by atoms with Gasteiger partial charge in [-0.05, 0) is 29.0 Å². The Bertz CT molecular complexity index is 897. The maximum atomic E-state index is 12.6. The van der Waals surface area contributed by atoms with Crippen LogP contribution in [-0.2, 0) is 4.79 Å². The van der Waals surface area contributed by atoms with Gasteiger partial charge in [-0.15, -0.1) is 0 Å². The zero-order valence-corrected chi connectivity index (χ0v) is 13.3. The molecule has 0 saturated carbocycles. The van der Waals surface area contributed by atoms with Crippen LogP contribution in [-0.4, -0.2) is 11.9 Å². The van der Waals surface area contributed by atoms with E-state index in [4.69, 9.17) is 4.74 Å². The fourth-order valence-electron chi connectivity index (χ4n) is 2.46. The van der Waals surface area contributed by atoms with Gasteiger partial charge in [0.05, 0.1) is 11.3 Å². The summed E-state index contributed by atoms with van der Waals surface area (Å²) in [5.74, 6) is -0.258. The highest BCUT2D eigenvalue weighted by molar-refractivity contribution is 6.05. The Morgan fingerprint density at radius 3 is 2.46 bits per heavy atom. The summed E-state index contributed by atoms with van der Waals surface area (Å²) in [5, 5.41) is 4.54. The lowest BCUT2D eigenvalue weighted by atomic mass is 10.0. The molecule has 1 amide bonds. The Balaban J connectivity index is 1.91. The minimum absolute atomic E-state index is 0.136. The molecule has 0 heterocycles. The van der Waals surface area contributed by atoms with E-state index in [0.717, 1.165) is 10.8 Å². The van der Waals surface area contributed by atoms with E-state index in [1.807, 2.05) is 36.4 Å². The molecular weight excluding hydrogens is 302 g/mol. The molecule has 0 bridgehead atoms. The first kappa shape index (κ1) is 15.7. The molecule has 4 heteroatoms. The third kappa shape index (κ3) is 3.27. The lowest BCUT2D eigenvalue weighted by Crippen LogP contribution is -2.14. The molecule has 0 radical (unpaired) electrons. The van der Waals surface area contributed by atoms with Gasteiger partial charge < -0.3 is 10.1 Å². The first-order valence-electron chi connectivity index (χ1n) is 7.78. The van der Waals surface area contributed by atoms with Crippen LogP contribution in [0.25, 0.3) is 10.8 Å². The van der Waals surface area contributed by atoms with Crippen molar-refractivity contribution in [2.24, 2.45) is 0 Å². The second-order valence-electron chi connectivity index (χ2n) is 5.31. The van der Waals surface area contributed by atoms with Crippen molar-refractivity contribution in [2.75, 3.05) is 5.32 Å². The molecule has 0 atom stereocenters. The van der Waals surface area contributed by atoms with E-state index in [1.54, 1.807) is 37.3 Å². The lowest BCUT2D eigenvalue weighted by molar-refractivity contribution is -0.115. The molecule has 0 aromatic heterocycles. The van der Waals surface area contributed by atoms with Crippen molar-refractivity contribution >= 4 is 28.3 Å². The van der Waals surface area contributed by atoms with Gasteiger partial charge >= 0.3 is 5.97 Å². The van der Waals surface area contributed by atoms with E-state index in [1.165, 1.54) is 0 Å². The molecule has 1 N–H and O–H groups in total. The van der Waals surface area contributed by atoms with Crippen LogP contribution in [0.15, 0.2) is 66.7 Å². The van der Waals surface area contributed by atoms with Gasteiger partial charge in [0.1, 0.15) is 0 Å². The lowest BCUT2D eigenvalue weighted by Gasteiger charge is -2.11. The van der Waals surface area contributed by atoms with Crippen LogP contribution in [0.3, 0.4) is 0 Å². The monoisotopic (exact) mass is 319 g/mol. The van der Waals surface area contributed by atoms with Crippen molar-refractivity contribution in [1.29, 1.82) is 0 Å². The first-order chi connectivity index (χ1) is 11.7. The highest BCUT2D eigenvalue weighted by Crippen LogP contribution is 2.26. The van der Waals surface area contributed by atoms with Crippen molar-refractivity contribution in [2.45, 2.75) is 13.3 Å². The largest absolute Gasteiger partial charge is 0.421 e. The molecule has 0 fully saturated rings. The summed E-state index contributed by atoms with van der Waals surface area (Å²) in [7, 11) is 0. The van der Waals surface area contributed by atoms with Crippen LogP contribution in [0.4, 0.5) is 5.69 Å². The number of para-hydroxylation sites is 2. The molecule has 0 aliphatic rings. The molecule has 0 aliphatic heterocycles. The molecule has 24 heavy (non-hydrogen) atoms. The molecule has 3 aromatic carbocycles. The minimum Gasteiger partial charge on any atom is -0.421 e. The Labute approximate surface area is 140 Å². The SMILES string of the molecule is CCC(=O)Nc1ccccc1OC(=O)c1cccc2ccccc12. The first-order valence-corrected chi connectivity index (χ1v) is 7.78. The number of hydrogen-bond donors (Lipinski definition) is 1. The summed E-state index contributed by atoms with van der Waals surface area (Å²) >= 11 is 0. The van der Waals surface area contributed by atoms with Crippen LogP contribution in [0.2, 0.25) is 0 Å². The number of anilines is 1. The fourth-order valence-corrected chi connectivity index (χ4v) is 2.46. The topological polar surface area (TPSA) is 55.4 Å². The number of rotatable bonds is 4. The average Bonchev–Trinajstić information content (AvgIpc) is 2.62. The minimum atomic E-state index is -0.454. The smallest absolute Gasteiger partial charge is 0.344 e. The number of hydrogen-bond acceptors (Lipinski definition) is 3. The van der Waals surface area contributed by atoms with E-state index in [2.05, 4.69) is 5.32 Å². The second-order valence-corrected chi connectivity index (χ2v) is 5.31. The van der Waals surface area contributed by atoms with E-state index < -0.39 is 5.97 Å². The summed E-state index contributed by atoms with van der Waals surface area (Å²) in [4.78, 5) is 24.2. The molecule has 120 valence electrons. The molecule has 0 aliphatic carbocycles. The van der Waals surface area contributed by atoms with Gasteiger partial charge in [-0.3, -0.25) is 4.79 Å². The number of nitrogens with one attached hydrogen (secondary N) is 1. The van der Waals surface area contributed by atoms with E-state index >= 15 is 0 Å². The molecule has 0 unspecified atom stereocenters. The molecule has 3 aromatic rings. The van der Waals surface area contributed by atoms with Gasteiger partial charge in [0, 0.05) is 6.42 Å². The average molecular weight is 319 g/mol.